The minimum absolute atomic E-state index is 0. The van der Waals surface area contributed by atoms with Crippen LogP contribution in [0.4, 0.5) is 0 Å². The highest BCUT2D eigenvalue weighted by atomic mass is 35.5. The Morgan fingerprint density at radius 2 is 1.59 bits per heavy atom. The van der Waals surface area contributed by atoms with Crippen molar-refractivity contribution < 1.29 is 4.74 Å². The molecular formula is C27H40ClN3O. The number of aliphatic imine (C=N–C) groups is 1. The van der Waals surface area contributed by atoms with Crippen LogP contribution in [0.2, 0.25) is 0 Å². The molecule has 1 aliphatic rings. The third-order valence-corrected chi connectivity index (χ3v) is 5.78. The number of nitrogens with zero attached hydrogens (tertiary/aromatic N) is 1. The topological polar surface area (TPSA) is 53.2 Å². The Morgan fingerprint density at radius 1 is 0.875 bits per heavy atom. The van der Waals surface area contributed by atoms with Crippen molar-refractivity contribution in [2.45, 2.75) is 85.0 Å². The largest absolute Gasteiger partial charge is 0.492 e. The maximum Gasteiger partial charge on any atom is 0.144 e. The van der Waals surface area contributed by atoms with Gasteiger partial charge in [0.1, 0.15) is 5.75 Å². The van der Waals surface area contributed by atoms with Crippen molar-refractivity contribution in [1.29, 1.82) is 0 Å². The van der Waals surface area contributed by atoms with Crippen molar-refractivity contribution >= 4 is 24.2 Å². The molecule has 5 heteroatoms. The van der Waals surface area contributed by atoms with Crippen LogP contribution >= 0.6 is 12.4 Å². The zero-order valence-corrected chi connectivity index (χ0v) is 20.8. The van der Waals surface area contributed by atoms with Crippen molar-refractivity contribution in [2.75, 3.05) is 6.61 Å². The monoisotopic (exact) mass is 457 g/mol. The zero-order valence-electron chi connectivity index (χ0n) is 20.0. The van der Waals surface area contributed by atoms with Gasteiger partial charge in [-0.1, -0.05) is 58.3 Å². The highest BCUT2D eigenvalue weighted by Crippen LogP contribution is 2.29. The normalized spacial score (nSPS) is 14.1. The lowest BCUT2D eigenvalue weighted by Crippen LogP contribution is -1.92. The summed E-state index contributed by atoms with van der Waals surface area (Å²) in [5.41, 5.74) is 6.40. The SMILES string of the molecule is CCCCCCCCCCCC1=NC(=Cc2[nH]c(-c3ccc(C)[nH]3)cc2OCC)C=C1.Cl. The summed E-state index contributed by atoms with van der Waals surface area (Å²) >= 11 is 0. The third kappa shape index (κ3) is 8.05. The molecule has 0 unspecified atom stereocenters. The Morgan fingerprint density at radius 3 is 2.25 bits per heavy atom. The molecule has 0 spiro atoms. The summed E-state index contributed by atoms with van der Waals surface area (Å²) in [4.78, 5) is 11.7. The molecule has 4 nitrogen and oxygen atoms in total. The Balaban J connectivity index is 0.00000363. The van der Waals surface area contributed by atoms with Gasteiger partial charge >= 0.3 is 0 Å². The molecule has 2 N–H and O–H groups in total. The predicted octanol–water partition coefficient (Wildman–Crippen LogP) is 8.41. The molecule has 32 heavy (non-hydrogen) atoms. The van der Waals surface area contributed by atoms with E-state index in [1.165, 1.54) is 63.5 Å². The Hall–Kier alpha value is -2.20. The molecule has 0 fully saturated rings. The van der Waals surface area contributed by atoms with Crippen molar-refractivity contribution in [3.05, 3.63) is 47.4 Å². The average molecular weight is 458 g/mol. The number of rotatable bonds is 14. The second-order valence-electron chi connectivity index (χ2n) is 8.53. The number of hydrogen-bond donors (Lipinski definition) is 2. The Kier molecular flexibility index (Phi) is 11.4. The number of aryl methyl sites for hydroxylation is 1. The van der Waals surface area contributed by atoms with Gasteiger partial charge in [0.15, 0.2) is 0 Å². The van der Waals surface area contributed by atoms with Crippen LogP contribution in [-0.4, -0.2) is 22.3 Å². The van der Waals surface area contributed by atoms with Gasteiger partial charge in [-0.25, -0.2) is 0 Å². The molecule has 0 bridgehead atoms. The summed E-state index contributed by atoms with van der Waals surface area (Å²) in [7, 11) is 0. The molecule has 3 rings (SSSR count). The van der Waals surface area contributed by atoms with Crippen LogP contribution in [0.5, 0.6) is 5.75 Å². The van der Waals surface area contributed by atoms with E-state index in [-0.39, 0.29) is 12.4 Å². The van der Waals surface area contributed by atoms with E-state index in [1.807, 2.05) is 6.92 Å². The number of allylic oxidation sites excluding steroid dienone is 2. The number of halogens is 1. The van der Waals surface area contributed by atoms with Gasteiger partial charge in [0.25, 0.3) is 0 Å². The van der Waals surface area contributed by atoms with E-state index < -0.39 is 0 Å². The van der Waals surface area contributed by atoms with Crippen molar-refractivity contribution in [1.82, 2.24) is 9.97 Å². The fourth-order valence-corrected chi connectivity index (χ4v) is 4.05. The van der Waals surface area contributed by atoms with Crippen LogP contribution in [-0.2, 0) is 0 Å². The molecular weight excluding hydrogens is 418 g/mol. The molecule has 3 heterocycles. The lowest BCUT2D eigenvalue weighted by Gasteiger charge is -2.02. The molecule has 0 aliphatic carbocycles. The standard InChI is InChI=1S/C27H39N3O.ClH/c1-4-6-7-8-9-10-11-12-13-14-22-16-17-23(29-22)19-26-27(31-5-2)20-25(30-26)24-18-15-21(3)28-24;/h15-20,28,30H,4-14H2,1-3H3;1H. The highest BCUT2D eigenvalue weighted by molar-refractivity contribution is 5.99. The molecule has 0 saturated heterocycles. The number of nitrogens with one attached hydrogen (secondary N) is 2. The molecule has 0 atom stereocenters. The smallest absolute Gasteiger partial charge is 0.144 e. The molecule has 2 aromatic heterocycles. The van der Waals surface area contributed by atoms with Gasteiger partial charge in [-0.3, -0.25) is 4.99 Å². The second-order valence-corrected chi connectivity index (χ2v) is 8.53. The third-order valence-electron chi connectivity index (χ3n) is 5.78. The van der Waals surface area contributed by atoms with Crippen LogP contribution in [0.15, 0.2) is 41.0 Å². The van der Waals surface area contributed by atoms with Gasteiger partial charge in [0.2, 0.25) is 0 Å². The summed E-state index contributed by atoms with van der Waals surface area (Å²) in [5.74, 6) is 0.869. The summed E-state index contributed by atoms with van der Waals surface area (Å²) in [6.45, 7) is 6.99. The molecule has 0 radical (unpaired) electrons. The zero-order chi connectivity index (χ0) is 21.9. The number of H-pyrrole nitrogens is 2. The first-order valence-electron chi connectivity index (χ1n) is 12.2. The van der Waals surface area contributed by atoms with Crippen LogP contribution in [0.25, 0.3) is 17.5 Å². The van der Waals surface area contributed by atoms with Gasteiger partial charge in [-0.2, -0.15) is 0 Å². The van der Waals surface area contributed by atoms with Crippen LogP contribution in [0.1, 0.15) is 89.4 Å². The average Bonchev–Trinajstić information content (AvgIpc) is 3.48. The lowest BCUT2D eigenvalue weighted by molar-refractivity contribution is 0.340. The molecule has 0 saturated carbocycles. The maximum absolute atomic E-state index is 5.85. The molecule has 0 aromatic carbocycles. The van der Waals surface area contributed by atoms with Gasteiger partial charge in [-0.15, -0.1) is 12.4 Å². The van der Waals surface area contributed by atoms with Crippen molar-refractivity contribution in [2.24, 2.45) is 4.99 Å². The summed E-state index contributed by atoms with van der Waals surface area (Å²) < 4.78 is 5.85. The first-order valence-corrected chi connectivity index (χ1v) is 12.2. The van der Waals surface area contributed by atoms with E-state index in [0.717, 1.165) is 40.6 Å². The van der Waals surface area contributed by atoms with Crippen LogP contribution in [0, 0.1) is 6.92 Å². The van der Waals surface area contributed by atoms with E-state index >= 15 is 0 Å². The molecule has 2 aromatic rings. The van der Waals surface area contributed by atoms with Crippen LogP contribution < -0.4 is 4.74 Å². The van der Waals surface area contributed by atoms with Gasteiger partial charge in [-0.05, 0) is 57.0 Å². The number of unbranched alkanes of at least 4 members (excludes halogenated alkanes) is 8. The Bertz CT molecular complexity index is 904. The highest BCUT2D eigenvalue weighted by Gasteiger charge is 2.12. The van der Waals surface area contributed by atoms with E-state index in [2.05, 4.69) is 60.2 Å². The molecule has 0 amide bonds. The van der Waals surface area contributed by atoms with E-state index in [4.69, 9.17) is 9.73 Å². The fourth-order valence-electron chi connectivity index (χ4n) is 4.05. The number of aromatic amines is 2. The summed E-state index contributed by atoms with van der Waals surface area (Å²) in [5, 5.41) is 0. The van der Waals surface area contributed by atoms with E-state index in [0.29, 0.717) is 6.61 Å². The lowest BCUT2D eigenvalue weighted by atomic mass is 10.1. The minimum atomic E-state index is 0. The molecule has 176 valence electrons. The van der Waals surface area contributed by atoms with Crippen molar-refractivity contribution in [3.8, 4) is 17.1 Å². The van der Waals surface area contributed by atoms with Gasteiger partial charge in [0, 0.05) is 17.5 Å². The Labute approximate surface area is 200 Å². The van der Waals surface area contributed by atoms with Gasteiger partial charge in [0.05, 0.1) is 29.4 Å². The van der Waals surface area contributed by atoms with Crippen LogP contribution in [0.3, 0.4) is 0 Å². The van der Waals surface area contributed by atoms with E-state index in [1.54, 1.807) is 0 Å². The predicted molar refractivity (Wildman–Crippen MR) is 140 cm³/mol. The number of hydrogen-bond acceptors (Lipinski definition) is 2. The van der Waals surface area contributed by atoms with Gasteiger partial charge < -0.3 is 14.7 Å². The summed E-state index contributed by atoms with van der Waals surface area (Å²) in [6.07, 6.45) is 19.6. The molecule has 1 aliphatic heterocycles. The quantitative estimate of drug-likeness (QED) is 0.275. The van der Waals surface area contributed by atoms with Crippen molar-refractivity contribution in [3.63, 3.8) is 0 Å². The minimum Gasteiger partial charge on any atom is -0.492 e. The summed E-state index contributed by atoms with van der Waals surface area (Å²) in [6, 6.07) is 6.23. The first-order chi connectivity index (χ1) is 15.2. The second kappa shape index (κ2) is 14.1. The number of aromatic nitrogens is 2. The maximum atomic E-state index is 5.85. The first kappa shape index (κ1) is 26.1. The van der Waals surface area contributed by atoms with E-state index in [9.17, 15) is 0 Å². The fraction of sp³-hybridized carbons (Fsp3) is 0.519. The number of ether oxygens (including phenoxy) is 1.